The first kappa shape index (κ1) is 48.5. The van der Waals surface area contributed by atoms with Crippen LogP contribution in [0.2, 0.25) is 0 Å². The smallest absolute Gasteiger partial charge is 0.339 e. The molecule has 2 N–H and O–H groups in total. The molecule has 4 fully saturated rings. The lowest BCUT2D eigenvalue weighted by molar-refractivity contribution is -0.177. The van der Waals surface area contributed by atoms with Crippen molar-refractivity contribution in [3.8, 4) is 0 Å². The van der Waals surface area contributed by atoms with Gasteiger partial charge in [-0.05, 0) is 135 Å². The molecule has 2 unspecified atom stereocenters. The molecule has 0 saturated heterocycles. The lowest BCUT2D eigenvalue weighted by atomic mass is 9.48. The standard InChI is InChI=1S/C54H54N2O12/c1-7-40(57)28-65-50(63)42-17-15-37(22-44(42)46(59)55-6)52(4,5)38-16-18-43(51(64)66-29-41(58)8-2)45(23-38)47(60)56-39-14-10-13-36(21-39)49(62)68-54-26-33-20-34(27-54)25-53(24-33,30-54)31-67-48(61)35-12-9-11-32(3)19-35/h7-19,21-23,33-34H,1-2,20,24-31H2,3-6H3,(H,55,59)(H,56,60). The predicted molar refractivity (Wildman–Crippen MR) is 250 cm³/mol. The van der Waals surface area contributed by atoms with Crippen molar-refractivity contribution in [3.63, 3.8) is 0 Å². The van der Waals surface area contributed by atoms with Gasteiger partial charge in [-0.1, -0.05) is 62.9 Å². The lowest BCUT2D eigenvalue weighted by Crippen LogP contribution is -2.58. The molecule has 0 aromatic heterocycles. The highest BCUT2D eigenvalue weighted by Gasteiger charge is 2.60. The average molecular weight is 923 g/mol. The van der Waals surface area contributed by atoms with E-state index in [1.54, 1.807) is 42.5 Å². The minimum Gasteiger partial charge on any atom is -0.462 e. The number of benzene rings is 4. The molecule has 4 aliphatic carbocycles. The number of nitrogens with one attached hydrogen (secondary N) is 2. The van der Waals surface area contributed by atoms with Gasteiger partial charge in [0.1, 0.15) is 5.60 Å². The van der Waals surface area contributed by atoms with E-state index in [9.17, 15) is 38.4 Å². The monoisotopic (exact) mass is 922 g/mol. The molecule has 8 rings (SSSR count). The number of aryl methyl sites for hydroxylation is 1. The van der Waals surface area contributed by atoms with Crippen molar-refractivity contribution >= 4 is 52.9 Å². The zero-order valence-electron chi connectivity index (χ0n) is 38.6. The molecule has 68 heavy (non-hydrogen) atoms. The van der Waals surface area contributed by atoms with Crippen molar-refractivity contribution < 1.29 is 57.3 Å². The van der Waals surface area contributed by atoms with E-state index in [4.69, 9.17) is 18.9 Å². The summed E-state index contributed by atoms with van der Waals surface area (Å²) in [6.07, 6.45) is 6.85. The Balaban J connectivity index is 1.12. The summed E-state index contributed by atoms with van der Waals surface area (Å²) in [7, 11) is 1.40. The van der Waals surface area contributed by atoms with Crippen LogP contribution in [0.25, 0.3) is 0 Å². The zero-order valence-corrected chi connectivity index (χ0v) is 38.6. The maximum atomic E-state index is 14.3. The Hall–Kier alpha value is -7.48. The second-order valence-electron chi connectivity index (χ2n) is 18.7. The number of esters is 4. The van der Waals surface area contributed by atoms with E-state index < -0.39 is 65.5 Å². The summed E-state index contributed by atoms with van der Waals surface area (Å²) in [5.41, 5.74) is 0.505. The molecule has 0 aliphatic heterocycles. The first-order valence-electron chi connectivity index (χ1n) is 22.4. The van der Waals surface area contributed by atoms with Crippen LogP contribution in [0, 0.1) is 24.2 Å². The van der Waals surface area contributed by atoms with Gasteiger partial charge in [0.2, 0.25) is 0 Å². The van der Waals surface area contributed by atoms with Gasteiger partial charge in [-0.2, -0.15) is 0 Å². The quantitative estimate of drug-likeness (QED) is 0.0553. The highest BCUT2D eigenvalue weighted by Crippen LogP contribution is 2.63. The van der Waals surface area contributed by atoms with Crippen LogP contribution in [0.5, 0.6) is 0 Å². The summed E-state index contributed by atoms with van der Waals surface area (Å²) in [6.45, 7) is 11.4. The molecule has 2 atom stereocenters. The molecule has 4 aromatic rings. The van der Waals surface area contributed by atoms with Crippen LogP contribution in [-0.4, -0.2) is 79.7 Å². The maximum absolute atomic E-state index is 14.3. The third-order valence-corrected chi connectivity index (χ3v) is 13.3. The molecule has 0 radical (unpaired) electrons. The fourth-order valence-corrected chi connectivity index (χ4v) is 10.4. The molecule has 14 nitrogen and oxygen atoms in total. The minimum atomic E-state index is -0.984. The summed E-state index contributed by atoms with van der Waals surface area (Å²) >= 11 is 0. The van der Waals surface area contributed by atoms with Crippen molar-refractivity contribution in [1.29, 1.82) is 0 Å². The fraction of sp³-hybridized carbons (Fsp3) is 0.333. The van der Waals surface area contributed by atoms with Gasteiger partial charge in [0.15, 0.2) is 24.8 Å². The molecular formula is C54H54N2O12. The number of hydrogen-bond acceptors (Lipinski definition) is 12. The van der Waals surface area contributed by atoms with E-state index in [0.29, 0.717) is 47.8 Å². The largest absolute Gasteiger partial charge is 0.462 e. The van der Waals surface area contributed by atoms with Crippen LogP contribution < -0.4 is 10.6 Å². The Morgan fingerprint density at radius 2 is 1.19 bits per heavy atom. The molecule has 352 valence electrons. The summed E-state index contributed by atoms with van der Waals surface area (Å²) in [5.74, 6) is -4.55. The van der Waals surface area contributed by atoms with Crippen LogP contribution in [0.4, 0.5) is 5.69 Å². The van der Waals surface area contributed by atoms with Crippen LogP contribution >= 0.6 is 0 Å². The van der Waals surface area contributed by atoms with Gasteiger partial charge < -0.3 is 29.6 Å². The Morgan fingerprint density at radius 1 is 0.647 bits per heavy atom. The summed E-state index contributed by atoms with van der Waals surface area (Å²) in [6, 6.07) is 22.6. The van der Waals surface area contributed by atoms with Gasteiger partial charge >= 0.3 is 23.9 Å². The van der Waals surface area contributed by atoms with Crippen molar-refractivity contribution in [2.75, 3.05) is 32.2 Å². The van der Waals surface area contributed by atoms with E-state index in [1.165, 1.54) is 37.4 Å². The number of anilines is 1. The number of hydrogen-bond donors (Lipinski definition) is 2. The second kappa shape index (κ2) is 19.8. The maximum Gasteiger partial charge on any atom is 0.339 e. The van der Waals surface area contributed by atoms with Gasteiger partial charge in [0.25, 0.3) is 11.8 Å². The third-order valence-electron chi connectivity index (χ3n) is 13.3. The number of ether oxygens (including phenoxy) is 4. The zero-order chi connectivity index (χ0) is 49.0. The van der Waals surface area contributed by atoms with Crippen molar-refractivity contribution in [2.24, 2.45) is 17.3 Å². The molecule has 4 aromatic carbocycles. The first-order chi connectivity index (χ1) is 32.4. The van der Waals surface area contributed by atoms with Crippen LogP contribution in [0.3, 0.4) is 0 Å². The SMILES string of the molecule is C=CC(=O)COC(=O)c1ccc(C(C)(C)c2ccc(C(=O)OCC(=O)C=C)c(C(=O)Nc3cccc(C(=O)OC45CC6CC(CC(COC(=O)c7cccc(C)c7)(C6)C4)C5)c3)c2)cc1C(=O)NC. The van der Waals surface area contributed by atoms with Crippen molar-refractivity contribution in [3.05, 3.63) is 160 Å². The highest BCUT2D eigenvalue weighted by atomic mass is 16.6. The fourth-order valence-electron chi connectivity index (χ4n) is 10.4. The molecule has 14 heteroatoms. The van der Waals surface area contributed by atoms with Gasteiger partial charge in [-0.25, -0.2) is 19.2 Å². The van der Waals surface area contributed by atoms with Crippen LogP contribution in [0.15, 0.2) is 110 Å². The minimum absolute atomic E-state index is 0.0281. The van der Waals surface area contributed by atoms with E-state index in [2.05, 4.69) is 23.8 Å². The van der Waals surface area contributed by atoms with Gasteiger partial charge in [0, 0.05) is 23.6 Å². The average Bonchev–Trinajstić information content (AvgIpc) is 3.32. The lowest BCUT2D eigenvalue weighted by Gasteiger charge is -2.60. The Labute approximate surface area is 394 Å². The molecule has 4 saturated carbocycles. The van der Waals surface area contributed by atoms with E-state index in [1.807, 2.05) is 32.9 Å². The Kier molecular flexibility index (Phi) is 14.1. The van der Waals surface area contributed by atoms with E-state index >= 15 is 0 Å². The summed E-state index contributed by atoms with van der Waals surface area (Å²) < 4.78 is 22.7. The van der Waals surface area contributed by atoms with Crippen molar-refractivity contribution in [1.82, 2.24) is 5.32 Å². The molecule has 0 heterocycles. The number of rotatable bonds is 18. The Morgan fingerprint density at radius 3 is 1.74 bits per heavy atom. The number of carbonyl (C=O) groups excluding carboxylic acids is 8. The van der Waals surface area contributed by atoms with Gasteiger partial charge in [-0.15, -0.1) is 0 Å². The molecular weight excluding hydrogens is 869 g/mol. The molecule has 0 spiro atoms. The van der Waals surface area contributed by atoms with Crippen molar-refractivity contribution in [2.45, 2.75) is 70.3 Å². The third kappa shape index (κ3) is 10.5. The summed E-state index contributed by atoms with van der Waals surface area (Å²) in [4.78, 5) is 105. The van der Waals surface area contributed by atoms with Gasteiger partial charge in [0.05, 0.1) is 40.0 Å². The first-order valence-corrected chi connectivity index (χ1v) is 22.4. The normalized spacial score (nSPS) is 20.0. The predicted octanol–water partition coefficient (Wildman–Crippen LogP) is 8.11. The summed E-state index contributed by atoms with van der Waals surface area (Å²) in [5, 5.41) is 5.32. The molecule has 2 amide bonds. The highest BCUT2D eigenvalue weighted by molar-refractivity contribution is 6.12. The topological polar surface area (TPSA) is 198 Å². The molecule has 4 bridgehead atoms. The number of carbonyl (C=O) groups is 8. The molecule has 4 aliphatic rings. The number of amides is 2. The van der Waals surface area contributed by atoms with Gasteiger partial charge in [-0.3, -0.25) is 19.2 Å². The van der Waals surface area contributed by atoms with Crippen LogP contribution in [0.1, 0.15) is 131 Å². The van der Waals surface area contributed by atoms with Crippen LogP contribution in [-0.2, 0) is 34.0 Å². The van der Waals surface area contributed by atoms with E-state index in [-0.39, 0.29) is 51.5 Å². The Bertz CT molecular complexity index is 2740. The second-order valence-corrected chi connectivity index (χ2v) is 18.7. The number of ketones is 2. The van der Waals surface area contributed by atoms with E-state index in [0.717, 1.165) is 37.0 Å².